The molecule has 7 heteroatoms. The number of likely N-dealkylation sites (tertiary alicyclic amines) is 1. The van der Waals surface area contributed by atoms with Crippen LogP contribution < -0.4 is 4.74 Å². The molecule has 1 saturated heterocycles. The number of hydrogen-bond acceptors (Lipinski definition) is 4. The Morgan fingerprint density at radius 1 is 1.25 bits per heavy atom. The van der Waals surface area contributed by atoms with E-state index in [1.54, 1.807) is 24.1 Å². The summed E-state index contributed by atoms with van der Waals surface area (Å²) in [5.74, 6) is 1.21. The fourth-order valence-electron chi connectivity index (χ4n) is 2.73. The third-order valence-corrected chi connectivity index (χ3v) is 5.63. The third kappa shape index (κ3) is 5.21. The van der Waals surface area contributed by atoms with Gasteiger partial charge in [-0.05, 0) is 36.5 Å². The van der Waals surface area contributed by atoms with E-state index in [0.717, 1.165) is 24.7 Å². The van der Waals surface area contributed by atoms with Crippen LogP contribution >= 0.6 is 0 Å². The fourth-order valence-corrected chi connectivity index (χ4v) is 3.46. The van der Waals surface area contributed by atoms with Crippen LogP contribution in [0.1, 0.15) is 25.3 Å². The van der Waals surface area contributed by atoms with E-state index in [2.05, 4.69) is 6.92 Å². The molecule has 6 nitrogen and oxygen atoms in total. The highest BCUT2D eigenvalue weighted by Gasteiger charge is 2.26. The smallest absolute Gasteiger partial charge is 0.237 e. The molecule has 0 aliphatic carbocycles. The van der Waals surface area contributed by atoms with Gasteiger partial charge in [0.05, 0.1) is 19.9 Å². The molecule has 1 aromatic rings. The molecule has 1 fully saturated rings. The first-order valence-electron chi connectivity index (χ1n) is 8.15. The van der Waals surface area contributed by atoms with Gasteiger partial charge < -0.3 is 9.64 Å². The lowest BCUT2D eigenvalue weighted by molar-refractivity contribution is -0.132. The van der Waals surface area contributed by atoms with Crippen molar-refractivity contribution in [2.45, 2.75) is 26.3 Å². The maximum absolute atomic E-state index is 12.5. The Balaban J connectivity index is 2.04. The van der Waals surface area contributed by atoms with Gasteiger partial charge in [-0.3, -0.25) is 4.79 Å². The summed E-state index contributed by atoms with van der Waals surface area (Å²) < 4.78 is 30.5. The fraction of sp³-hybridized carbons (Fsp3) is 0.588. The molecule has 0 spiro atoms. The van der Waals surface area contributed by atoms with E-state index in [1.807, 2.05) is 12.1 Å². The number of carbonyl (C=O) groups excluding carboxylic acids is 1. The summed E-state index contributed by atoms with van der Waals surface area (Å²) >= 11 is 0. The zero-order valence-corrected chi connectivity index (χ0v) is 15.4. The molecule has 24 heavy (non-hydrogen) atoms. The van der Waals surface area contributed by atoms with Gasteiger partial charge in [-0.1, -0.05) is 19.1 Å². The minimum absolute atomic E-state index is 0.112. The number of hydrogen-bond donors (Lipinski definition) is 0. The summed E-state index contributed by atoms with van der Waals surface area (Å²) in [4.78, 5) is 14.2. The minimum atomic E-state index is -3.47. The molecular formula is C17H26N2O4S. The Labute approximate surface area is 144 Å². The lowest BCUT2D eigenvalue weighted by Crippen LogP contribution is -2.45. The van der Waals surface area contributed by atoms with E-state index in [4.69, 9.17) is 4.74 Å². The van der Waals surface area contributed by atoms with Crippen LogP contribution in [0.5, 0.6) is 5.75 Å². The van der Waals surface area contributed by atoms with Crippen LogP contribution in [0.15, 0.2) is 24.3 Å². The Bertz CT molecular complexity index is 650. The number of methoxy groups -OCH3 is 1. The highest BCUT2D eigenvalue weighted by molar-refractivity contribution is 7.88. The number of amides is 1. The van der Waals surface area contributed by atoms with Crippen LogP contribution in [0.3, 0.4) is 0 Å². The van der Waals surface area contributed by atoms with Crippen molar-refractivity contribution in [3.8, 4) is 5.75 Å². The molecule has 1 aliphatic heterocycles. The molecule has 0 radical (unpaired) electrons. The van der Waals surface area contributed by atoms with Crippen LogP contribution in [-0.4, -0.2) is 56.5 Å². The zero-order valence-electron chi connectivity index (χ0n) is 14.6. The van der Waals surface area contributed by atoms with Crippen molar-refractivity contribution in [1.82, 2.24) is 9.21 Å². The second-order valence-electron chi connectivity index (χ2n) is 6.44. The molecule has 0 N–H and O–H groups in total. The topological polar surface area (TPSA) is 66.9 Å². The molecule has 1 aromatic carbocycles. The summed E-state index contributed by atoms with van der Waals surface area (Å²) in [5.41, 5.74) is 0.821. The average Bonchev–Trinajstić information content (AvgIpc) is 2.54. The first-order valence-corrected chi connectivity index (χ1v) is 10.00. The number of rotatable bonds is 6. The molecule has 1 aliphatic rings. The first kappa shape index (κ1) is 18.7. The minimum Gasteiger partial charge on any atom is -0.497 e. The summed E-state index contributed by atoms with van der Waals surface area (Å²) in [7, 11) is -1.89. The Hall–Kier alpha value is -1.60. The van der Waals surface area contributed by atoms with Crippen molar-refractivity contribution in [2.24, 2.45) is 5.92 Å². The monoisotopic (exact) mass is 354 g/mol. The van der Waals surface area contributed by atoms with E-state index in [9.17, 15) is 13.2 Å². The third-order valence-electron chi connectivity index (χ3n) is 4.43. The molecule has 0 unspecified atom stereocenters. The Morgan fingerprint density at radius 2 is 1.83 bits per heavy atom. The Kier molecular flexibility index (Phi) is 6.23. The van der Waals surface area contributed by atoms with E-state index >= 15 is 0 Å². The van der Waals surface area contributed by atoms with Gasteiger partial charge in [-0.2, -0.15) is 4.31 Å². The molecular weight excluding hydrogens is 328 g/mol. The maximum Gasteiger partial charge on any atom is 0.237 e. The number of benzene rings is 1. The lowest BCUT2D eigenvalue weighted by Gasteiger charge is -2.32. The standard InChI is InChI=1S/C17H26N2O4S/c1-14-8-10-18(11-9-14)17(20)13-19(24(3,21)22)12-15-4-6-16(23-2)7-5-15/h4-7,14H,8-13H2,1-3H3. The van der Waals surface area contributed by atoms with Crippen LogP contribution in [0.4, 0.5) is 0 Å². The van der Waals surface area contributed by atoms with Crippen LogP contribution in [0.2, 0.25) is 0 Å². The number of nitrogens with zero attached hydrogens (tertiary/aromatic N) is 2. The van der Waals surface area contributed by atoms with Crippen molar-refractivity contribution in [2.75, 3.05) is 33.0 Å². The van der Waals surface area contributed by atoms with Gasteiger partial charge >= 0.3 is 0 Å². The summed E-state index contributed by atoms with van der Waals surface area (Å²) in [6, 6.07) is 7.18. The molecule has 0 aromatic heterocycles. The number of piperidine rings is 1. The van der Waals surface area contributed by atoms with Crippen molar-refractivity contribution in [1.29, 1.82) is 0 Å². The molecule has 0 atom stereocenters. The van der Waals surface area contributed by atoms with Crippen molar-refractivity contribution >= 4 is 15.9 Å². The van der Waals surface area contributed by atoms with E-state index in [0.29, 0.717) is 24.8 Å². The van der Waals surface area contributed by atoms with Gasteiger partial charge in [0.15, 0.2) is 0 Å². The molecule has 0 saturated carbocycles. The SMILES string of the molecule is COc1ccc(CN(CC(=O)N2CCC(C)CC2)S(C)(=O)=O)cc1. The van der Waals surface area contributed by atoms with E-state index in [1.165, 1.54) is 4.31 Å². The molecule has 2 rings (SSSR count). The zero-order chi connectivity index (χ0) is 17.7. The maximum atomic E-state index is 12.5. The molecule has 134 valence electrons. The van der Waals surface area contributed by atoms with Crippen molar-refractivity contribution in [3.63, 3.8) is 0 Å². The van der Waals surface area contributed by atoms with Gasteiger partial charge in [0.25, 0.3) is 0 Å². The van der Waals surface area contributed by atoms with Gasteiger partial charge in [0, 0.05) is 19.6 Å². The summed E-state index contributed by atoms with van der Waals surface area (Å²) in [6.45, 7) is 3.66. The highest BCUT2D eigenvalue weighted by atomic mass is 32.2. The van der Waals surface area contributed by atoms with Crippen LogP contribution in [0, 0.1) is 5.92 Å². The van der Waals surface area contributed by atoms with Gasteiger partial charge in [-0.25, -0.2) is 8.42 Å². The Morgan fingerprint density at radius 3 is 2.33 bits per heavy atom. The highest BCUT2D eigenvalue weighted by Crippen LogP contribution is 2.18. The van der Waals surface area contributed by atoms with Crippen molar-refractivity contribution < 1.29 is 17.9 Å². The van der Waals surface area contributed by atoms with E-state index < -0.39 is 10.0 Å². The largest absolute Gasteiger partial charge is 0.497 e. The summed E-state index contributed by atoms with van der Waals surface area (Å²) in [5, 5.41) is 0. The van der Waals surface area contributed by atoms with Gasteiger partial charge in [0.1, 0.15) is 5.75 Å². The second-order valence-corrected chi connectivity index (χ2v) is 8.42. The quantitative estimate of drug-likeness (QED) is 0.780. The molecule has 1 amide bonds. The summed E-state index contributed by atoms with van der Waals surface area (Å²) in [6.07, 6.45) is 3.09. The second kappa shape index (κ2) is 7.98. The van der Waals surface area contributed by atoms with Gasteiger partial charge in [0.2, 0.25) is 15.9 Å². The van der Waals surface area contributed by atoms with Crippen LogP contribution in [-0.2, 0) is 21.4 Å². The van der Waals surface area contributed by atoms with E-state index in [-0.39, 0.29) is 19.0 Å². The lowest BCUT2D eigenvalue weighted by atomic mass is 9.99. The number of sulfonamides is 1. The number of carbonyl (C=O) groups is 1. The predicted octanol–water partition coefficient (Wildman–Crippen LogP) is 1.72. The normalized spacial score (nSPS) is 16.4. The first-order chi connectivity index (χ1) is 11.3. The van der Waals surface area contributed by atoms with Crippen LogP contribution in [0.25, 0.3) is 0 Å². The molecule has 1 heterocycles. The predicted molar refractivity (Wildman–Crippen MR) is 93.2 cm³/mol. The number of ether oxygens (including phenoxy) is 1. The van der Waals surface area contributed by atoms with Gasteiger partial charge in [-0.15, -0.1) is 0 Å². The van der Waals surface area contributed by atoms with Crippen molar-refractivity contribution in [3.05, 3.63) is 29.8 Å². The average molecular weight is 354 g/mol. The molecule has 0 bridgehead atoms.